The Morgan fingerprint density at radius 2 is 2.06 bits per heavy atom. The molecule has 1 atom stereocenters. The van der Waals surface area contributed by atoms with Crippen LogP contribution in [-0.4, -0.2) is 57.6 Å². The molecular weight excluding hydrogens is 248 g/mol. The average molecular weight is 268 g/mol. The topological polar surface area (TPSA) is 39.7 Å². The summed E-state index contributed by atoms with van der Waals surface area (Å²) in [5, 5.41) is 1.00. The minimum absolute atomic E-state index is 0.0490. The summed E-state index contributed by atoms with van der Waals surface area (Å²) in [6, 6.07) is 0. The van der Waals surface area contributed by atoms with Gasteiger partial charge in [0.25, 0.3) is 0 Å². The maximum absolute atomic E-state index is 12.1. The van der Waals surface area contributed by atoms with Crippen molar-refractivity contribution in [1.29, 1.82) is 0 Å². The molecule has 2 rings (SSSR count). The molecule has 0 saturated heterocycles. The summed E-state index contributed by atoms with van der Waals surface area (Å²) in [5.41, 5.74) is 0. The van der Waals surface area contributed by atoms with E-state index in [1.165, 1.54) is 4.88 Å². The lowest BCUT2D eigenvalue weighted by Gasteiger charge is -2.30. The van der Waals surface area contributed by atoms with E-state index in [-0.39, 0.29) is 11.8 Å². The molecule has 1 unspecified atom stereocenters. The van der Waals surface area contributed by atoms with Crippen LogP contribution >= 0.6 is 11.3 Å². The molecule has 0 fully saturated rings. The van der Waals surface area contributed by atoms with E-state index in [0.717, 1.165) is 23.9 Å². The van der Waals surface area contributed by atoms with Gasteiger partial charge in [-0.05, 0) is 6.42 Å². The first kappa shape index (κ1) is 13.1. The summed E-state index contributed by atoms with van der Waals surface area (Å²) in [5.74, 6) is 1.28. The quantitative estimate of drug-likeness (QED) is 0.799. The number of hydrogen-bond acceptors (Lipinski definition) is 5. The van der Waals surface area contributed by atoms with Gasteiger partial charge in [-0.1, -0.05) is 11.3 Å². The number of nitrogens with zero attached hydrogens (tertiary/aromatic N) is 4. The summed E-state index contributed by atoms with van der Waals surface area (Å²) >= 11 is 1.68. The van der Waals surface area contributed by atoms with E-state index in [4.69, 9.17) is 0 Å². The first-order valence-electron chi connectivity index (χ1n) is 5.99. The van der Waals surface area contributed by atoms with Crippen LogP contribution in [0.25, 0.3) is 0 Å². The molecule has 0 saturated carbocycles. The van der Waals surface area contributed by atoms with E-state index in [9.17, 15) is 4.79 Å². The van der Waals surface area contributed by atoms with Crippen molar-refractivity contribution in [3.8, 4) is 0 Å². The van der Waals surface area contributed by atoms with E-state index in [1.807, 2.05) is 40.1 Å². The van der Waals surface area contributed by atoms with Crippen molar-refractivity contribution in [2.75, 3.05) is 51.6 Å². The minimum Gasteiger partial charge on any atom is -0.358 e. The maximum Gasteiger partial charge on any atom is 0.227 e. The molecule has 1 aliphatic heterocycles. The Balaban J connectivity index is 2.25. The van der Waals surface area contributed by atoms with Crippen LogP contribution in [0.5, 0.6) is 0 Å². The zero-order valence-corrected chi connectivity index (χ0v) is 12.4. The van der Waals surface area contributed by atoms with Gasteiger partial charge in [-0.25, -0.2) is 4.98 Å². The second-order valence-corrected chi connectivity index (χ2v) is 6.21. The fourth-order valence-electron chi connectivity index (χ4n) is 2.19. The van der Waals surface area contributed by atoms with Crippen molar-refractivity contribution < 1.29 is 4.79 Å². The summed E-state index contributed by atoms with van der Waals surface area (Å²) in [4.78, 5) is 23.7. The van der Waals surface area contributed by atoms with Gasteiger partial charge in [0.05, 0.1) is 10.8 Å². The Labute approximate surface area is 112 Å². The molecule has 0 N–H and O–H groups in total. The molecule has 1 aliphatic rings. The van der Waals surface area contributed by atoms with Crippen molar-refractivity contribution in [2.24, 2.45) is 5.92 Å². The first-order chi connectivity index (χ1) is 8.40. The molecule has 18 heavy (non-hydrogen) atoms. The number of anilines is 2. The zero-order chi connectivity index (χ0) is 13.4. The summed E-state index contributed by atoms with van der Waals surface area (Å²) in [7, 11) is 9.62. The van der Waals surface area contributed by atoms with E-state index in [1.54, 1.807) is 16.2 Å². The van der Waals surface area contributed by atoms with Crippen LogP contribution in [0.3, 0.4) is 0 Å². The van der Waals surface area contributed by atoms with Gasteiger partial charge in [-0.3, -0.25) is 4.79 Å². The fraction of sp³-hybridized carbons (Fsp3) is 0.667. The second-order valence-electron chi connectivity index (χ2n) is 5.15. The monoisotopic (exact) mass is 268 g/mol. The number of fused-ring (bicyclic) bond motifs is 1. The lowest BCUT2D eigenvalue weighted by atomic mass is 9.99. The van der Waals surface area contributed by atoms with Crippen molar-refractivity contribution >= 4 is 28.2 Å². The number of hydrogen-bond donors (Lipinski definition) is 0. The fourth-order valence-corrected chi connectivity index (χ4v) is 3.30. The third kappa shape index (κ3) is 2.29. The highest BCUT2D eigenvalue weighted by molar-refractivity contribution is 7.16. The Morgan fingerprint density at radius 1 is 1.39 bits per heavy atom. The molecule has 6 heteroatoms. The lowest BCUT2D eigenvalue weighted by Crippen LogP contribution is -2.41. The molecular formula is C12H20N4OS. The largest absolute Gasteiger partial charge is 0.358 e. The Morgan fingerprint density at radius 3 is 2.61 bits per heavy atom. The van der Waals surface area contributed by atoms with Crippen LogP contribution in [-0.2, 0) is 11.2 Å². The standard InChI is InChI=1S/C12H20N4OS/c1-14(2)11(17)8-6-9-10(16(5)7-8)13-12(18-9)15(3)4/h8H,6-7H2,1-5H3. The van der Waals surface area contributed by atoms with Crippen LogP contribution in [0, 0.1) is 5.92 Å². The van der Waals surface area contributed by atoms with Gasteiger partial charge in [0, 0.05) is 41.8 Å². The molecule has 1 aromatic heterocycles. The van der Waals surface area contributed by atoms with E-state index in [0.29, 0.717) is 0 Å². The highest BCUT2D eigenvalue weighted by Gasteiger charge is 2.31. The Bertz CT molecular complexity index is 455. The summed E-state index contributed by atoms with van der Waals surface area (Å²) in [6.45, 7) is 0.751. The molecule has 2 heterocycles. The predicted octanol–water partition coefficient (Wildman–Crippen LogP) is 0.906. The van der Waals surface area contributed by atoms with E-state index in [2.05, 4.69) is 9.88 Å². The molecule has 0 aliphatic carbocycles. The first-order valence-corrected chi connectivity index (χ1v) is 6.81. The number of thiazole rings is 1. The van der Waals surface area contributed by atoms with Gasteiger partial charge in [-0.2, -0.15) is 0 Å². The summed E-state index contributed by atoms with van der Waals surface area (Å²) < 4.78 is 0. The van der Waals surface area contributed by atoms with Gasteiger partial charge in [0.15, 0.2) is 5.13 Å². The van der Waals surface area contributed by atoms with E-state index >= 15 is 0 Å². The summed E-state index contributed by atoms with van der Waals surface area (Å²) in [6.07, 6.45) is 0.808. The maximum atomic E-state index is 12.1. The number of carbonyl (C=O) groups is 1. The smallest absolute Gasteiger partial charge is 0.227 e. The van der Waals surface area contributed by atoms with Crippen molar-refractivity contribution in [3.05, 3.63) is 4.88 Å². The van der Waals surface area contributed by atoms with Gasteiger partial charge in [-0.15, -0.1) is 0 Å². The lowest BCUT2D eigenvalue weighted by molar-refractivity contribution is -0.132. The molecule has 5 nitrogen and oxygen atoms in total. The van der Waals surface area contributed by atoms with Crippen LogP contribution in [0.4, 0.5) is 10.9 Å². The highest BCUT2D eigenvalue weighted by atomic mass is 32.1. The van der Waals surface area contributed by atoms with Gasteiger partial charge < -0.3 is 14.7 Å². The van der Waals surface area contributed by atoms with Crippen molar-refractivity contribution in [1.82, 2.24) is 9.88 Å². The average Bonchev–Trinajstić information content (AvgIpc) is 2.72. The van der Waals surface area contributed by atoms with Crippen molar-refractivity contribution in [2.45, 2.75) is 6.42 Å². The molecule has 100 valence electrons. The molecule has 0 bridgehead atoms. The van der Waals surface area contributed by atoms with Gasteiger partial charge >= 0.3 is 0 Å². The Kier molecular flexibility index (Phi) is 3.47. The van der Waals surface area contributed by atoms with E-state index < -0.39 is 0 Å². The predicted molar refractivity (Wildman–Crippen MR) is 75.6 cm³/mol. The van der Waals surface area contributed by atoms with Crippen LogP contribution in [0.2, 0.25) is 0 Å². The molecule has 0 aromatic carbocycles. The van der Waals surface area contributed by atoms with Gasteiger partial charge in [0.2, 0.25) is 5.91 Å². The number of aromatic nitrogens is 1. The molecule has 0 spiro atoms. The molecule has 1 amide bonds. The third-order valence-electron chi connectivity index (χ3n) is 3.13. The van der Waals surface area contributed by atoms with Crippen LogP contribution in [0.1, 0.15) is 4.88 Å². The van der Waals surface area contributed by atoms with Gasteiger partial charge in [0.1, 0.15) is 5.82 Å². The second kappa shape index (κ2) is 4.76. The number of amides is 1. The Hall–Kier alpha value is -1.30. The zero-order valence-electron chi connectivity index (χ0n) is 11.6. The number of carbonyl (C=O) groups excluding carboxylic acids is 1. The van der Waals surface area contributed by atoms with Crippen molar-refractivity contribution in [3.63, 3.8) is 0 Å². The van der Waals surface area contributed by atoms with Crippen LogP contribution < -0.4 is 9.80 Å². The highest BCUT2D eigenvalue weighted by Crippen LogP contribution is 2.36. The van der Waals surface area contributed by atoms with Crippen LogP contribution in [0.15, 0.2) is 0 Å². The third-order valence-corrected chi connectivity index (χ3v) is 4.36. The minimum atomic E-state index is 0.0490. The SMILES string of the molecule is CN(C)C(=O)C1Cc2sc(N(C)C)nc2N(C)C1. The molecule has 1 aromatic rings. The normalized spacial score (nSPS) is 18.5. The molecule has 0 radical (unpaired) electrons. The number of rotatable bonds is 2.